The summed E-state index contributed by atoms with van der Waals surface area (Å²) in [6.07, 6.45) is 3.27. The molecule has 122 valence electrons. The number of hydrogen-bond donors (Lipinski definition) is 0. The first-order chi connectivity index (χ1) is 11.0. The van der Waals surface area contributed by atoms with E-state index in [0.717, 1.165) is 24.8 Å². The summed E-state index contributed by atoms with van der Waals surface area (Å²) in [6, 6.07) is 6.37. The van der Waals surface area contributed by atoms with Gasteiger partial charge in [-0.25, -0.2) is 4.79 Å². The number of carbonyl (C=O) groups excluding carboxylic acids is 2. The number of carbonyl (C=O) groups is 2. The maximum absolute atomic E-state index is 11.6. The second kappa shape index (κ2) is 7.92. The van der Waals surface area contributed by atoms with Gasteiger partial charge < -0.3 is 9.15 Å². The second-order valence-corrected chi connectivity index (χ2v) is 5.55. The molecule has 5 nitrogen and oxygen atoms in total. The van der Waals surface area contributed by atoms with Gasteiger partial charge in [0.15, 0.2) is 0 Å². The van der Waals surface area contributed by atoms with E-state index in [1.54, 1.807) is 18.2 Å². The van der Waals surface area contributed by atoms with Crippen molar-refractivity contribution in [2.24, 2.45) is 0 Å². The number of rotatable bonds is 7. The standard InChI is InChI=1S/C17H17ClO5/c1-2-3-4-5-15(19)22-10-11-6-7-14-12(8-11)9-13(16(18)20)17(21)23-14/h6-9H,2-5,10H2,1H3. The number of ether oxygens (including phenoxy) is 1. The summed E-state index contributed by atoms with van der Waals surface area (Å²) < 4.78 is 10.2. The van der Waals surface area contributed by atoms with Gasteiger partial charge in [0, 0.05) is 11.8 Å². The highest BCUT2D eigenvalue weighted by Crippen LogP contribution is 2.17. The fourth-order valence-corrected chi connectivity index (χ4v) is 2.29. The van der Waals surface area contributed by atoms with Crippen LogP contribution in [0.1, 0.15) is 48.5 Å². The van der Waals surface area contributed by atoms with Gasteiger partial charge in [-0.1, -0.05) is 25.8 Å². The van der Waals surface area contributed by atoms with E-state index in [2.05, 4.69) is 6.92 Å². The topological polar surface area (TPSA) is 73.6 Å². The Hall–Kier alpha value is -2.14. The Bertz CT molecular complexity index is 778. The smallest absolute Gasteiger partial charge is 0.348 e. The maximum Gasteiger partial charge on any atom is 0.348 e. The van der Waals surface area contributed by atoms with E-state index in [9.17, 15) is 14.4 Å². The molecule has 0 spiro atoms. The Kier molecular flexibility index (Phi) is 5.93. The van der Waals surface area contributed by atoms with Crippen molar-refractivity contribution in [2.45, 2.75) is 39.2 Å². The first-order valence-corrected chi connectivity index (χ1v) is 7.81. The summed E-state index contributed by atoms with van der Waals surface area (Å²) in [5.74, 6) is -0.241. The molecule has 0 aliphatic rings. The van der Waals surface area contributed by atoms with Crippen molar-refractivity contribution in [3.05, 3.63) is 45.8 Å². The van der Waals surface area contributed by atoms with Gasteiger partial charge in [0.2, 0.25) is 0 Å². The Morgan fingerprint density at radius 3 is 2.70 bits per heavy atom. The van der Waals surface area contributed by atoms with Crippen molar-refractivity contribution in [3.63, 3.8) is 0 Å². The number of unbranched alkanes of at least 4 members (excludes halogenated alkanes) is 2. The Morgan fingerprint density at radius 2 is 2.00 bits per heavy atom. The van der Waals surface area contributed by atoms with E-state index < -0.39 is 10.9 Å². The van der Waals surface area contributed by atoms with Crippen LogP contribution >= 0.6 is 11.6 Å². The van der Waals surface area contributed by atoms with E-state index in [-0.39, 0.29) is 18.1 Å². The zero-order chi connectivity index (χ0) is 16.8. The molecule has 6 heteroatoms. The highest BCUT2D eigenvalue weighted by molar-refractivity contribution is 6.67. The van der Waals surface area contributed by atoms with E-state index in [1.165, 1.54) is 6.07 Å². The molecule has 2 aromatic rings. The maximum atomic E-state index is 11.6. The summed E-state index contributed by atoms with van der Waals surface area (Å²) in [4.78, 5) is 34.3. The molecule has 1 aromatic heterocycles. The van der Waals surface area contributed by atoms with Crippen molar-refractivity contribution in [2.75, 3.05) is 0 Å². The van der Waals surface area contributed by atoms with Crippen LogP contribution < -0.4 is 5.63 Å². The Labute approximate surface area is 138 Å². The van der Waals surface area contributed by atoms with Crippen LogP contribution in [-0.4, -0.2) is 11.2 Å². The lowest BCUT2D eigenvalue weighted by Crippen LogP contribution is -2.09. The molecule has 2 rings (SSSR count). The Morgan fingerprint density at radius 1 is 1.22 bits per heavy atom. The highest BCUT2D eigenvalue weighted by atomic mass is 35.5. The molecular formula is C17H17ClO5. The van der Waals surface area contributed by atoms with E-state index in [1.807, 2.05) is 0 Å². The summed E-state index contributed by atoms with van der Waals surface area (Å²) in [6.45, 7) is 2.20. The lowest BCUT2D eigenvalue weighted by atomic mass is 10.1. The summed E-state index contributed by atoms with van der Waals surface area (Å²) >= 11 is 5.34. The van der Waals surface area contributed by atoms with Gasteiger partial charge >= 0.3 is 11.6 Å². The first kappa shape index (κ1) is 17.2. The third-order valence-electron chi connectivity index (χ3n) is 3.39. The van der Waals surface area contributed by atoms with Crippen LogP contribution in [0.25, 0.3) is 11.0 Å². The van der Waals surface area contributed by atoms with Crippen LogP contribution in [-0.2, 0) is 16.1 Å². The van der Waals surface area contributed by atoms with Crippen molar-refractivity contribution in [1.29, 1.82) is 0 Å². The molecule has 0 aliphatic carbocycles. The average Bonchev–Trinajstić information content (AvgIpc) is 2.52. The molecule has 0 saturated heterocycles. The molecular weight excluding hydrogens is 320 g/mol. The predicted octanol–water partition coefficient (Wildman–Crippen LogP) is 3.80. The molecule has 1 heterocycles. The quantitative estimate of drug-likeness (QED) is 0.333. The Balaban J connectivity index is 2.10. The number of esters is 1. The van der Waals surface area contributed by atoms with Crippen LogP contribution in [0.15, 0.2) is 33.5 Å². The zero-order valence-corrected chi connectivity index (χ0v) is 13.5. The molecule has 0 unspecified atom stereocenters. The van der Waals surface area contributed by atoms with Crippen LogP contribution in [0.2, 0.25) is 0 Å². The van der Waals surface area contributed by atoms with Gasteiger partial charge in [-0.05, 0) is 41.8 Å². The molecule has 0 aliphatic heterocycles. The molecule has 0 fully saturated rings. The van der Waals surface area contributed by atoms with Crippen LogP contribution in [0.3, 0.4) is 0 Å². The number of benzene rings is 1. The van der Waals surface area contributed by atoms with Gasteiger partial charge in [0.05, 0.1) is 0 Å². The van der Waals surface area contributed by atoms with Crippen LogP contribution in [0, 0.1) is 0 Å². The molecule has 0 bridgehead atoms. The summed E-state index contributed by atoms with van der Waals surface area (Å²) in [5, 5.41) is -0.318. The molecule has 0 atom stereocenters. The van der Waals surface area contributed by atoms with Crippen LogP contribution in [0.4, 0.5) is 0 Å². The predicted molar refractivity (Wildman–Crippen MR) is 86.6 cm³/mol. The number of fused-ring (bicyclic) bond motifs is 1. The van der Waals surface area contributed by atoms with E-state index >= 15 is 0 Å². The van der Waals surface area contributed by atoms with Crippen molar-refractivity contribution >= 4 is 33.8 Å². The molecule has 0 radical (unpaired) electrons. The molecule has 0 N–H and O–H groups in total. The fourth-order valence-electron chi connectivity index (χ4n) is 2.16. The van der Waals surface area contributed by atoms with Gasteiger partial charge in [-0.2, -0.15) is 0 Å². The van der Waals surface area contributed by atoms with Crippen molar-refractivity contribution in [1.82, 2.24) is 0 Å². The van der Waals surface area contributed by atoms with E-state index in [4.69, 9.17) is 20.8 Å². The number of hydrogen-bond acceptors (Lipinski definition) is 5. The fraction of sp³-hybridized carbons (Fsp3) is 0.353. The zero-order valence-electron chi connectivity index (χ0n) is 12.8. The van der Waals surface area contributed by atoms with Gasteiger partial charge in [0.25, 0.3) is 5.24 Å². The lowest BCUT2D eigenvalue weighted by Gasteiger charge is -2.06. The lowest BCUT2D eigenvalue weighted by molar-refractivity contribution is -0.145. The third kappa shape index (κ3) is 4.66. The normalized spacial score (nSPS) is 10.7. The molecule has 0 amide bonds. The van der Waals surface area contributed by atoms with Gasteiger partial charge in [0.1, 0.15) is 17.8 Å². The summed E-state index contributed by atoms with van der Waals surface area (Å²) in [7, 11) is 0. The molecule has 1 aromatic carbocycles. The minimum atomic E-state index is -0.867. The van der Waals surface area contributed by atoms with E-state index in [0.29, 0.717) is 17.4 Å². The molecule has 0 saturated carbocycles. The minimum absolute atomic E-state index is 0.129. The SMILES string of the molecule is CCCCCC(=O)OCc1ccc2oc(=O)c(C(=O)Cl)cc2c1. The highest BCUT2D eigenvalue weighted by Gasteiger charge is 2.12. The van der Waals surface area contributed by atoms with Crippen molar-refractivity contribution < 1.29 is 18.7 Å². The summed E-state index contributed by atoms with van der Waals surface area (Å²) in [5.41, 5.74) is 0.0957. The molecule has 23 heavy (non-hydrogen) atoms. The minimum Gasteiger partial charge on any atom is -0.461 e. The van der Waals surface area contributed by atoms with Crippen LogP contribution in [0.5, 0.6) is 0 Å². The second-order valence-electron chi connectivity index (χ2n) is 5.21. The van der Waals surface area contributed by atoms with Gasteiger partial charge in [-0.15, -0.1) is 0 Å². The monoisotopic (exact) mass is 336 g/mol. The van der Waals surface area contributed by atoms with Gasteiger partial charge in [-0.3, -0.25) is 9.59 Å². The average molecular weight is 337 g/mol. The first-order valence-electron chi connectivity index (χ1n) is 7.43. The number of halogens is 1. The van der Waals surface area contributed by atoms with Crippen molar-refractivity contribution in [3.8, 4) is 0 Å². The third-order valence-corrected chi connectivity index (χ3v) is 3.60. The largest absolute Gasteiger partial charge is 0.461 e.